The van der Waals surface area contributed by atoms with Gasteiger partial charge in [-0.15, -0.1) is 0 Å². The van der Waals surface area contributed by atoms with E-state index in [1.807, 2.05) is 36.6 Å². The Labute approximate surface area is 147 Å². The Morgan fingerprint density at radius 2 is 2.17 bits per heavy atom. The Balaban J connectivity index is 1.81. The summed E-state index contributed by atoms with van der Waals surface area (Å²) in [4.78, 5) is 26.2. The predicted molar refractivity (Wildman–Crippen MR) is 96.8 cm³/mol. The number of aliphatic hydroxyl groups excluding tert-OH is 1. The van der Waals surface area contributed by atoms with Gasteiger partial charge < -0.3 is 15.3 Å². The number of likely N-dealkylation sites (tertiary alicyclic amines) is 1. The number of aliphatic hydroxyl groups is 1. The van der Waals surface area contributed by atoms with Crippen LogP contribution < -0.4 is 5.32 Å². The molecule has 1 aliphatic heterocycles. The van der Waals surface area contributed by atoms with Crippen LogP contribution in [0.1, 0.15) is 18.4 Å². The van der Waals surface area contributed by atoms with E-state index in [1.165, 1.54) is 5.56 Å². The van der Waals surface area contributed by atoms with Crippen LogP contribution in [0.4, 0.5) is 0 Å². The SMILES string of the molecule is CSCC[C@@H](CO)NC(=O)C1CC(=O)N(CCc2ccccc2)C1. The highest BCUT2D eigenvalue weighted by atomic mass is 32.2. The second kappa shape index (κ2) is 9.69. The summed E-state index contributed by atoms with van der Waals surface area (Å²) in [6, 6.07) is 9.81. The first kappa shape index (κ1) is 18.8. The minimum absolute atomic E-state index is 0.0377. The van der Waals surface area contributed by atoms with E-state index in [0.29, 0.717) is 13.1 Å². The molecule has 0 bridgehead atoms. The zero-order valence-corrected chi connectivity index (χ0v) is 14.9. The topological polar surface area (TPSA) is 69.6 Å². The maximum Gasteiger partial charge on any atom is 0.225 e. The first-order valence-electron chi connectivity index (χ1n) is 8.36. The molecule has 1 saturated heterocycles. The fourth-order valence-corrected chi connectivity index (χ4v) is 3.38. The molecule has 24 heavy (non-hydrogen) atoms. The molecular formula is C18H26N2O3S. The largest absolute Gasteiger partial charge is 0.394 e. The van der Waals surface area contributed by atoms with Crippen molar-refractivity contribution in [3.8, 4) is 0 Å². The average molecular weight is 350 g/mol. The van der Waals surface area contributed by atoms with Gasteiger partial charge in [-0.1, -0.05) is 30.3 Å². The summed E-state index contributed by atoms with van der Waals surface area (Å²) in [5.41, 5.74) is 1.19. The molecule has 2 atom stereocenters. The summed E-state index contributed by atoms with van der Waals surface area (Å²) in [5.74, 6) is 0.497. The van der Waals surface area contributed by atoms with Crippen LogP contribution in [0.2, 0.25) is 0 Å². The maximum absolute atomic E-state index is 12.3. The zero-order valence-electron chi connectivity index (χ0n) is 14.1. The van der Waals surface area contributed by atoms with Crippen molar-refractivity contribution in [1.82, 2.24) is 10.2 Å². The lowest BCUT2D eigenvalue weighted by atomic mass is 10.1. The third kappa shape index (κ3) is 5.53. The van der Waals surface area contributed by atoms with Gasteiger partial charge in [0.25, 0.3) is 0 Å². The summed E-state index contributed by atoms with van der Waals surface area (Å²) >= 11 is 1.69. The molecule has 1 unspecified atom stereocenters. The summed E-state index contributed by atoms with van der Waals surface area (Å²) in [7, 11) is 0. The van der Waals surface area contributed by atoms with Crippen molar-refractivity contribution >= 4 is 23.6 Å². The number of nitrogens with one attached hydrogen (secondary N) is 1. The minimum atomic E-state index is -0.309. The summed E-state index contributed by atoms with van der Waals surface area (Å²) in [6.45, 7) is 1.05. The lowest BCUT2D eigenvalue weighted by Crippen LogP contribution is -2.42. The standard InChI is InChI=1S/C18H26N2O3S/c1-24-10-8-16(13-21)19-18(23)15-11-17(22)20(12-15)9-7-14-5-3-2-4-6-14/h2-6,15-16,21H,7-13H2,1H3,(H,19,23)/t15?,16-/m0/s1. The van der Waals surface area contributed by atoms with Gasteiger partial charge in [-0.25, -0.2) is 0 Å². The summed E-state index contributed by atoms with van der Waals surface area (Å²) in [6.07, 6.45) is 3.80. The molecule has 1 aromatic rings. The lowest BCUT2D eigenvalue weighted by molar-refractivity contribution is -0.129. The number of rotatable bonds is 9. The fraction of sp³-hybridized carbons (Fsp3) is 0.556. The fourth-order valence-electron chi connectivity index (χ4n) is 2.86. The number of amides is 2. The molecule has 1 heterocycles. The van der Waals surface area contributed by atoms with E-state index in [0.717, 1.165) is 18.6 Å². The summed E-state index contributed by atoms with van der Waals surface area (Å²) in [5, 5.41) is 12.2. The normalized spacial score (nSPS) is 18.7. The molecule has 0 aliphatic carbocycles. The van der Waals surface area contributed by atoms with Gasteiger partial charge in [0, 0.05) is 19.5 Å². The van der Waals surface area contributed by atoms with Crippen molar-refractivity contribution in [3.05, 3.63) is 35.9 Å². The lowest BCUT2D eigenvalue weighted by Gasteiger charge is -2.19. The van der Waals surface area contributed by atoms with Crippen molar-refractivity contribution in [2.45, 2.75) is 25.3 Å². The van der Waals surface area contributed by atoms with Crippen LogP contribution in [0.25, 0.3) is 0 Å². The van der Waals surface area contributed by atoms with E-state index < -0.39 is 0 Å². The molecule has 2 rings (SSSR count). The second-order valence-corrected chi connectivity index (χ2v) is 7.13. The molecule has 0 aromatic heterocycles. The highest BCUT2D eigenvalue weighted by Crippen LogP contribution is 2.19. The van der Waals surface area contributed by atoms with Gasteiger partial charge in [0.15, 0.2) is 0 Å². The monoisotopic (exact) mass is 350 g/mol. The first-order valence-corrected chi connectivity index (χ1v) is 9.75. The third-order valence-electron chi connectivity index (χ3n) is 4.34. The Bertz CT molecular complexity index is 538. The van der Waals surface area contributed by atoms with E-state index in [4.69, 9.17) is 0 Å². The average Bonchev–Trinajstić information content (AvgIpc) is 2.98. The van der Waals surface area contributed by atoms with Crippen LogP contribution >= 0.6 is 11.8 Å². The van der Waals surface area contributed by atoms with Crippen LogP contribution in [-0.2, 0) is 16.0 Å². The highest BCUT2D eigenvalue weighted by molar-refractivity contribution is 7.98. The smallest absolute Gasteiger partial charge is 0.225 e. The molecule has 0 radical (unpaired) electrons. The van der Waals surface area contributed by atoms with E-state index in [1.54, 1.807) is 16.7 Å². The molecule has 1 aliphatic rings. The van der Waals surface area contributed by atoms with Gasteiger partial charge in [-0.3, -0.25) is 9.59 Å². The number of nitrogens with zero attached hydrogens (tertiary/aromatic N) is 1. The Kier molecular flexibility index (Phi) is 7.59. The van der Waals surface area contributed by atoms with Crippen molar-refractivity contribution in [2.24, 2.45) is 5.92 Å². The minimum Gasteiger partial charge on any atom is -0.394 e. The van der Waals surface area contributed by atoms with Gasteiger partial charge >= 0.3 is 0 Å². The molecular weight excluding hydrogens is 324 g/mol. The number of carbonyl (C=O) groups is 2. The van der Waals surface area contributed by atoms with Crippen molar-refractivity contribution in [1.29, 1.82) is 0 Å². The van der Waals surface area contributed by atoms with Crippen molar-refractivity contribution in [3.63, 3.8) is 0 Å². The van der Waals surface area contributed by atoms with Gasteiger partial charge in [0.2, 0.25) is 11.8 Å². The molecule has 132 valence electrons. The molecule has 2 N–H and O–H groups in total. The van der Waals surface area contributed by atoms with Crippen molar-refractivity contribution in [2.75, 3.05) is 31.7 Å². The quantitative estimate of drug-likeness (QED) is 0.704. The number of thioether (sulfide) groups is 1. The van der Waals surface area contributed by atoms with E-state index in [-0.39, 0.29) is 36.8 Å². The number of carbonyl (C=O) groups excluding carboxylic acids is 2. The van der Waals surface area contributed by atoms with E-state index in [2.05, 4.69) is 5.32 Å². The van der Waals surface area contributed by atoms with Gasteiger partial charge in [-0.2, -0.15) is 11.8 Å². The first-order chi connectivity index (χ1) is 11.6. The van der Waals surface area contributed by atoms with Crippen molar-refractivity contribution < 1.29 is 14.7 Å². The molecule has 1 aromatic carbocycles. The van der Waals surface area contributed by atoms with Crippen LogP contribution in [-0.4, -0.2) is 59.6 Å². The van der Waals surface area contributed by atoms with E-state index in [9.17, 15) is 14.7 Å². The van der Waals surface area contributed by atoms with Crippen LogP contribution in [0.15, 0.2) is 30.3 Å². The van der Waals surface area contributed by atoms with Crippen LogP contribution in [0, 0.1) is 5.92 Å². The zero-order chi connectivity index (χ0) is 17.4. The molecule has 6 heteroatoms. The maximum atomic E-state index is 12.3. The Morgan fingerprint density at radius 3 is 2.83 bits per heavy atom. The molecule has 0 saturated carbocycles. The van der Waals surface area contributed by atoms with E-state index >= 15 is 0 Å². The number of hydrogen-bond acceptors (Lipinski definition) is 4. The molecule has 1 fully saturated rings. The second-order valence-electron chi connectivity index (χ2n) is 6.15. The number of benzene rings is 1. The van der Waals surface area contributed by atoms with Gasteiger partial charge in [0.1, 0.15) is 0 Å². The third-order valence-corrected chi connectivity index (χ3v) is 4.98. The Hall–Kier alpha value is -1.53. The number of hydrogen-bond donors (Lipinski definition) is 2. The van der Waals surface area contributed by atoms with Gasteiger partial charge in [-0.05, 0) is 30.4 Å². The predicted octanol–water partition coefficient (Wildman–Crippen LogP) is 1.31. The molecule has 0 spiro atoms. The Morgan fingerprint density at radius 1 is 1.42 bits per heavy atom. The summed E-state index contributed by atoms with van der Waals surface area (Å²) < 4.78 is 0. The van der Waals surface area contributed by atoms with Gasteiger partial charge in [0.05, 0.1) is 18.6 Å². The molecule has 2 amide bonds. The molecule has 5 nitrogen and oxygen atoms in total. The highest BCUT2D eigenvalue weighted by Gasteiger charge is 2.34. The van der Waals surface area contributed by atoms with Crippen LogP contribution in [0.3, 0.4) is 0 Å². The van der Waals surface area contributed by atoms with Crippen LogP contribution in [0.5, 0.6) is 0 Å².